The third-order valence-electron chi connectivity index (χ3n) is 6.57. The van der Waals surface area contributed by atoms with E-state index >= 15 is 0 Å². The van der Waals surface area contributed by atoms with Crippen LogP contribution in [0, 0.1) is 6.92 Å². The third kappa shape index (κ3) is 3.43. The number of carbonyl (C=O) groups is 1. The van der Waals surface area contributed by atoms with Gasteiger partial charge >= 0.3 is 0 Å². The number of hydrogen-bond donors (Lipinski definition) is 2. The molecule has 2 N–H and O–H groups in total. The van der Waals surface area contributed by atoms with Gasteiger partial charge in [-0.2, -0.15) is 4.98 Å². The van der Waals surface area contributed by atoms with Crippen LogP contribution in [0.4, 0.5) is 11.8 Å². The van der Waals surface area contributed by atoms with E-state index in [9.17, 15) is 9.90 Å². The highest BCUT2D eigenvalue weighted by Gasteiger charge is 2.41. The summed E-state index contributed by atoms with van der Waals surface area (Å²) in [6.07, 6.45) is 5.98. The molecule has 8 heteroatoms. The first-order valence-electron chi connectivity index (χ1n) is 11.4. The molecule has 2 aliphatic heterocycles. The second kappa shape index (κ2) is 7.90. The fraction of sp³-hybridized carbons (Fsp3) is 0.522. The predicted octanol–water partition coefficient (Wildman–Crippen LogP) is 3.34. The van der Waals surface area contributed by atoms with Gasteiger partial charge in [-0.15, -0.1) is 0 Å². The highest BCUT2D eigenvalue weighted by Crippen LogP contribution is 2.34. The zero-order valence-corrected chi connectivity index (χ0v) is 18.3. The number of guanidine groups is 1. The van der Waals surface area contributed by atoms with Crippen molar-refractivity contribution in [3.8, 4) is 5.75 Å². The summed E-state index contributed by atoms with van der Waals surface area (Å²) in [4.78, 5) is 26.9. The minimum Gasteiger partial charge on any atom is -0.508 e. The second-order valence-electron chi connectivity index (χ2n) is 8.68. The Hall–Kier alpha value is -3.03. The summed E-state index contributed by atoms with van der Waals surface area (Å²) >= 11 is 0. The molecule has 0 saturated heterocycles. The molecule has 1 fully saturated rings. The molecule has 1 amide bonds. The molecule has 164 valence electrons. The molecule has 0 atom stereocenters. The fourth-order valence-corrected chi connectivity index (χ4v) is 4.90. The number of nitrogens with zero attached hydrogens (tertiary/aromatic N) is 5. The molecule has 0 unspecified atom stereocenters. The van der Waals surface area contributed by atoms with Crippen LogP contribution in [0.5, 0.6) is 5.75 Å². The molecule has 5 rings (SSSR count). The molecular weight excluding hydrogens is 392 g/mol. The lowest BCUT2D eigenvalue weighted by Crippen LogP contribution is -2.50. The van der Waals surface area contributed by atoms with Crippen LogP contribution in [0.1, 0.15) is 60.6 Å². The molecule has 2 aromatic rings. The topological polar surface area (TPSA) is 86.0 Å². The van der Waals surface area contributed by atoms with Crippen molar-refractivity contribution in [3.05, 3.63) is 35.0 Å². The van der Waals surface area contributed by atoms with Crippen LogP contribution in [0.25, 0.3) is 0 Å². The number of fused-ring (bicyclic) bond motifs is 3. The van der Waals surface area contributed by atoms with Gasteiger partial charge in [-0.3, -0.25) is 24.2 Å². The Morgan fingerprint density at radius 2 is 2.03 bits per heavy atom. The van der Waals surface area contributed by atoms with Gasteiger partial charge in [-0.25, -0.2) is 0 Å². The van der Waals surface area contributed by atoms with Gasteiger partial charge in [-0.1, -0.05) is 31.4 Å². The molecule has 1 aromatic carbocycles. The van der Waals surface area contributed by atoms with Gasteiger partial charge in [0, 0.05) is 19.1 Å². The number of hydrogen-bond acceptors (Lipinski definition) is 6. The van der Waals surface area contributed by atoms with Crippen LogP contribution in [0.3, 0.4) is 0 Å². The van der Waals surface area contributed by atoms with Crippen LogP contribution >= 0.6 is 0 Å². The zero-order valence-electron chi connectivity index (χ0n) is 18.3. The number of nitrogens with one attached hydrogen (secondary N) is 1. The summed E-state index contributed by atoms with van der Waals surface area (Å²) in [7, 11) is 0. The predicted molar refractivity (Wildman–Crippen MR) is 121 cm³/mol. The van der Waals surface area contributed by atoms with Crippen LogP contribution in [-0.2, 0) is 6.54 Å². The lowest BCUT2D eigenvalue weighted by molar-refractivity contribution is 0.0836. The summed E-state index contributed by atoms with van der Waals surface area (Å²) in [5.74, 6) is 2.41. The number of aryl methyl sites for hydroxylation is 1. The Morgan fingerprint density at radius 3 is 2.77 bits per heavy atom. The standard InChI is InChI=1S/C23H30N6O2/c1-3-27-21(31)19-20(28-12-11-24-23(27)28)26-22(25-17-7-5-4-6-8-17)29(19)14-16-9-10-18(30)15(2)13-16/h9-10,13,17,30H,3-8,11-12,14H2,1-2H3,(H,25,26). The number of amides is 1. The largest absolute Gasteiger partial charge is 0.508 e. The minimum absolute atomic E-state index is 0.0471. The van der Waals surface area contributed by atoms with Gasteiger partial charge in [0.1, 0.15) is 5.75 Å². The number of anilines is 2. The van der Waals surface area contributed by atoms with Crippen molar-refractivity contribution < 1.29 is 9.90 Å². The average Bonchev–Trinajstić information content (AvgIpc) is 3.38. The normalized spacial score (nSPS) is 18.8. The van der Waals surface area contributed by atoms with E-state index in [1.54, 1.807) is 11.0 Å². The summed E-state index contributed by atoms with van der Waals surface area (Å²) in [6, 6.07) is 5.97. The number of aromatic hydroxyl groups is 1. The third-order valence-corrected chi connectivity index (χ3v) is 6.57. The highest BCUT2D eigenvalue weighted by molar-refractivity contribution is 6.18. The maximum absolute atomic E-state index is 13.5. The van der Waals surface area contributed by atoms with Crippen molar-refractivity contribution in [2.24, 2.45) is 4.99 Å². The van der Waals surface area contributed by atoms with Crippen LogP contribution in [-0.4, -0.2) is 57.1 Å². The van der Waals surface area contributed by atoms with E-state index in [0.29, 0.717) is 43.1 Å². The SMILES string of the molecule is CCN1C(=O)c2c(nc(NC3CCCCC3)n2Cc2ccc(O)c(C)c2)N2CCN=C12. The first-order valence-corrected chi connectivity index (χ1v) is 11.4. The van der Waals surface area contributed by atoms with Crippen LogP contribution in [0.15, 0.2) is 23.2 Å². The van der Waals surface area contributed by atoms with E-state index in [1.165, 1.54) is 19.3 Å². The minimum atomic E-state index is -0.0471. The monoisotopic (exact) mass is 422 g/mol. The Morgan fingerprint density at radius 1 is 1.23 bits per heavy atom. The highest BCUT2D eigenvalue weighted by atomic mass is 16.3. The molecular formula is C23H30N6O2. The first kappa shape index (κ1) is 19.9. The lowest BCUT2D eigenvalue weighted by Gasteiger charge is -2.32. The van der Waals surface area contributed by atoms with Crippen molar-refractivity contribution in [1.29, 1.82) is 0 Å². The number of imidazole rings is 1. The van der Waals surface area contributed by atoms with E-state index < -0.39 is 0 Å². The quantitative estimate of drug-likeness (QED) is 0.772. The first-order chi connectivity index (χ1) is 15.1. The van der Waals surface area contributed by atoms with E-state index in [1.807, 2.05) is 30.5 Å². The van der Waals surface area contributed by atoms with E-state index in [2.05, 4.69) is 15.2 Å². The molecule has 0 bridgehead atoms. The molecule has 3 aliphatic rings. The number of benzene rings is 1. The van der Waals surface area contributed by atoms with Crippen molar-refractivity contribution in [1.82, 2.24) is 14.5 Å². The van der Waals surface area contributed by atoms with Crippen LogP contribution < -0.4 is 10.2 Å². The van der Waals surface area contributed by atoms with Gasteiger partial charge < -0.3 is 10.4 Å². The molecule has 1 aromatic heterocycles. The summed E-state index contributed by atoms with van der Waals surface area (Å²) in [5.41, 5.74) is 2.47. The van der Waals surface area contributed by atoms with Crippen molar-refractivity contribution in [2.75, 3.05) is 29.9 Å². The van der Waals surface area contributed by atoms with Gasteiger partial charge in [0.2, 0.25) is 11.9 Å². The Bertz CT molecular complexity index is 1040. The average molecular weight is 423 g/mol. The van der Waals surface area contributed by atoms with E-state index in [0.717, 1.165) is 36.5 Å². The number of rotatable bonds is 5. The second-order valence-corrected chi connectivity index (χ2v) is 8.68. The van der Waals surface area contributed by atoms with Crippen LogP contribution in [0.2, 0.25) is 0 Å². The van der Waals surface area contributed by atoms with E-state index in [4.69, 9.17) is 4.98 Å². The molecule has 0 spiro atoms. The van der Waals surface area contributed by atoms with Gasteiger partial charge in [0.15, 0.2) is 11.5 Å². The summed E-state index contributed by atoms with van der Waals surface area (Å²) in [6.45, 7) is 6.37. The molecule has 0 radical (unpaired) electrons. The smallest absolute Gasteiger partial charge is 0.281 e. The maximum atomic E-state index is 13.5. The fourth-order valence-electron chi connectivity index (χ4n) is 4.90. The number of carbonyl (C=O) groups excluding carboxylic acids is 1. The van der Waals surface area contributed by atoms with Crippen molar-refractivity contribution in [2.45, 2.75) is 58.5 Å². The molecule has 8 nitrogen and oxygen atoms in total. The Balaban J connectivity index is 1.59. The Kier molecular flexibility index (Phi) is 5.08. The number of aliphatic imine (C=N–C) groups is 1. The van der Waals surface area contributed by atoms with Gasteiger partial charge in [-0.05, 0) is 43.9 Å². The zero-order chi connectivity index (χ0) is 21.5. The lowest BCUT2D eigenvalue weighted by atomic mass is 9.96. The maximum Gasteiger partial charge on any atom is 0.281 e. The molecule has 1 aliphatic carbocycles. The van der Waals surface area contributed by atoms with E-state index in [-0.39, 0.29) is 11.7 Å². The summed E-state index contributed by atoms with van der Waals surface area (Å²) in [5, 5.41) is 13.6. The molecule has 1 saturated carbocycles. The van der Waals surface area contributed by atoms with Gasteiger partial charge in [0.05, 0.1) is 13.1 Å². The molecule has 3 heterocycles. The van der Waals surface area contributed by atoms with Crippen molar-refractivity contribution >= 4 is 23.6 Å². The summed E-state index contributed by atoms with van der Waals surface area (Å²) < 4.78 is 2.02. The number of phenolic OH excluding ortho intramolecular Hbond substituents is 1. The Labute approximate surface area is 182 Å². The number of phenols is 1. The number of aromatic nitrogens is 2. The van der Waals surface area contributed by atoms with Crippen molar-refractivity contribution in [3.63, 3.8) is 0 Å². The van der Waals surface area contributed by atoms with Gasteiger partial charge in [0.25, 0.3) is 5.91 Å². The molecule has 31 heavy (non-hydrogen) atoms.